The van der Waals surface area contributed by atoms with Gasteiger partial charge in [0, 0.05) is 10.6 Å². The molecule has 182 valence electrons. The Labute approximate surface area is 222 Å². The molecule has 0 spiro atoms. The first kappa shape index (κ1) is 25.6. The van der Waals surface area contributed by atoms with Crippen LogP contribution >= 0.6 is 23.8 Å². The van der Waals surface area contributed by atoms with E-state index in [-0.39, 0.29) is 11.9 Å². The Hall–Kier alpha value is -3.47. The summed E-state index contributed by atoms with van der Waals surface area (Å²) in [6.07, 6.45) is -0.780. The summed E-state index contributed by atoms with van der Waals surface area (Å²) >= 11 is 12.3. The van der Waals surface area contributed by atoms with Gasteiger partial charge >= 0.3 is 5.97 Å². The second-order valence-electron chi connectivity index (χ2n) is 8.78. The molecule has 3 nitrogen and oxygen atoms in total. The third kappa shape index (κ3) is 6.20. The van der Waals surface area contributed by atoms with Gasteiger partial charge in [-0.15, -0.1) is 0 Å². The van der Waals surface area contributed by atoms with Crippen molar-refractivity contribution < 1.29 is 14.3 Å². The van der Waals surface area contributed by atoms with Crippen LogP contribution in [0, 0.1) is 5.92 Å². The average molecular weight is 515 g/mol. The van der Waals surface area contributed by atoms with E-state index < -0.39 is 12.0 Å². The van der Waals surface area contributed by atoms with Crippen molar-refractivity contribution in [3.8, 4) is 11.5 Å². The normalized spacial score (nSPS) is 12.6. The van der Waals surface area contributed by atoms with E-state index in [4.69, 9.17) is 33.3 Å². The zero-order chi connectivity index (χ0) is 25.5. The molecule has 0 aliphatic rings. The highest BCUT2D eigenvalue weighted by molar-refractivity contribution is 7.81. The second-order valence-corrected chi connectivity index (χ2v) is 9.63. The zero-order valence-electron chi connectivity index (χ0n) is 20.1. The lowest BCUT2D eigenvalue weighted by molar-refractivity contribution is -0.149. The quantitative estimate of drug-likeness (QED) is 0.127. The Morgan fingerprint density at radius 3 is 2.06 bits per heavy atom. The summed E-state index contributed by atoms with van der Waals surface area (Å²) in [5.41, 5.74) is 2.29. The Kier molecular flexibility index (Phi) is 8.52. The van der Waals surface area contributed by atoms with E-state index >= 15 is 0 Å². The van der Waals surface area contributed by atoms with Gasteiger partial charge in [-0.05, 0) is 47.4 Å². The lowest BCUT2D eigenvalue weighted by Gasteiger charge is -2.26. The van der Waals surface area contributed by atoms with E-state index in [1.54, 1.807) is 6.07 Å². The van der Waals surface area contributed by atoms with E-state index in [0.29, 0.717) is 21.4 Å². The van der Waals surface area contributed by atoms with Crippen LogP contribution in [-0.4, -0.2) is 10.8 Å². The SMILES string of the molecule is CC(C)C(C(=O)OC(C(=S)c1ccccc1)c1cccc(Oc2ccccc2)c1)c1ccccc1Cl. The van der Waals surface area contributed by atoms with Gasteiger partial charge in [0.15, 0.2) is 6.10 Å². The molecule has 0 fully saturated rings. The molecular weight excluding hydrogens is 488 g/mol. The number of halogens is 1. The number of ether oxygens (including phenoxy) is 2. The van der Waals surface area contributed by atoms with Gasteiger partial charge in [0.1, 0.15) is 11.5 Å². The van der Waals surface area contributed by atoms with Crippen molar-refractivity contribution in [2.75, 3.05) is 0 Å². The van der Waals surface area contributed by atoms with E-state index in [2.05, 4.69) is 0 Å². The third-order valence-electron chi connectivity index (χ3n) is 5.83. The molecule has 4 rings (SSSR count). The minimum atomic E-state index is -0.780. The molecule has 2 unspecified atom stereocenters. The summed E-state index contributed by atoms with van der Waals surface area (Å²) < 4.78 is 12.2. The Morgan fingerprint density at radius 1 is 0.778 bits per heavy atom. The first-order valence-corrected chi connectivity index (χ1v) is 12.6. The molecule has 0 N–H and O–H groups in total. The Balaban J connectivity index is 1.69. The number of rotatable bonds is 9. The minimum absolute atomic E-state index is 0.0314. The number of esters is 1. The summed E-state index contributed by atoms with van der Waals surface area (Å²) in [7, 11) is 0. The summed E-state index contributed by atoms with van der Waals surface area (Å²) in [5.74, 6) is 0.393. The molecule has 36 heavy (non-hydrogen) atoms. The molecule has 0 amide bonds. The smallest absolute Gasteiger partial charge is 0.314 e. The van der Waals surface area contributed by atoms with Crippen LogP contribution in [0.15, 0.2) is 109 Å². The Morgan fingerprint density at radius 2 is 1.39 bits per heavy atom. The highest BCUT2D eigenvalue weighted by Crippen LogP contribution is 2.35. The van der Waals surface area contributed by atoms with Gasteiger partial charge in [-0.25, -0.2) is 0 Å². The van der Waals surface area contributed by atoms with Crippen molar-refractivity contribution >= 4 is 34.7 Å². The van der Waals surface area contributed by atoms with E-state index in [1.165, 1.54) is 0 Å². The molecule has 0 heterocycles. The highest BCUT2D eigenvalue weighted by Gasteiger charge is 2.32. The second kappa shape index (κ2) is 12.0. The number of hydrogen-bond donors (Lipinski definition) is 0. The molecule has 4 aromatic carbocycles. The summed E-state index contributed by atoms with van der Waals surface area (Å²) in [6, 6.07) is 34.0. The van der Waals surface area contributed by atoms with Crippen LogP contribution in [0.25, 0.3) is 0 Å². The van der Waals surface area contributed by atoms with Gasteiger partial charge in [-0.3, -0.25) is 4.79 Å². The fraction of sp³-hybridized carbons (Fsp3) is 0.161. The van der Waals surface area contributed by atoms with Gasteiger partial charge in [0.05, 0.1) is 10.8 Å². The van der Waals surface area contributed by atoms with Crippen molar-refractivity contribution in [1.82, 2.24) is 0 Å². The van der Waals surface area contributed by atoms with E-state index in [9.17, 15) is 4.79 Å². The van der Waals surface area contributed by atoms with E-state index in [1.807, 2.05) is 117 Å². The number of thiocarbonyl (C=S) groups is 1. The lowest BCUT2D eigenvalue weighted by Crippen LogP contribution is -2.26. The average Bonchev–Trinajstić information content (AvgIpc) is 2.89. The Bertz CT molecular complexity index is 1320. The summed E-state index contributed by atoms with van der Waals surface area (Å²) in [5, 5.41) is 0.536. The van der Waals surface area contributed by atoms with E-state index in [0.717, 1.165) is 16.7 Å². The molecule has 5 heteroatoms. The maximum atomic E-state index is 13.7. The van der Waals surface area contributed by atoms with Crippen LogP contribution in [0.2, 0.25) is 5.02 Å². The van der Waals surface area contributed by atoms with Crippen LogP contribution in [0.4, 0.5) is 0 Å². The van der Waals surface area contributed by atoms with Gasteiger partial charge < -0.3 is 9.47 Å². The summed E-state index contributed by atoms with van der Waals surface area (Å²) in [4.78, 5) is 14.2. The first-order valence-electron chi connectivity index (χ1n) is 11.8. The number of benzene rings is 4. The van der Waals surface area contributed by atoms with Gasteiger partial charge in [0.2, 0.25) is 0 Å². The standard InChI is InChI=1S/C31H27ClO3S/c1-21(2)28(26-18-9-10-19-27(26)32)31(33)35-29(30(36)22-12-5-3-6-13-22)23-14-11-17-25(20-23)34-24-15-7-4-8-16-24/h3-21,28-29H,1-2H3. The maximum absolute atomic E-state index is 13.7. The molecule has 4 aromatic rings. The predicted molar refractivity (Wildman–Crippen MR) is 149 cm³/mol. The van der Waals surface area contributed by atoms with Crippen molar-refractivity contribution in [1.29, 1.82) is 0 Å². The van der Waals surface area contributed by atoms with Crippen molar-refractivity contribution in [3.05, 3.63) is 131 Å². The number of para-hydroxylation sites is 1. The van der Waals surface area contributed by atoms with Gasteiger partial charge in [-0.1, -0.05) is 117 Å². The van der Waals surface area contributed by atoms with Crippen molar-refractivity contribution in [3.63, 3.8) is 0 Å². The number of carbonyl (C=O) groups excluding carboxylic acids is 1. The van der Waals surface area contributed by atoms with Crippen LogP contribution in [0.3, 0.4) is 0 Å². The van der Waals surface area contributed by atoms with Crippen LogP contribution < -0.4 is 4.74 Å². The molecule has 0 aromatic heterocycles. The number of carbonyl (C=O) groups is 1. The minimum Gasteiger partial charge on any atom is -0.457 e. The van der Waals surface area contributed by atoms with Crippen LogP contribution in [-0.2, 0) is 9.53 Å². The monoisotopic (exact) mass is 514 g/mol. The molecule has 0 saturated carbocycles. The van der Waals surface area contributed by atoms with Gasteiger partial charge in [-0.2, -0.15) is 0 Å². The largest absolute Gasteiger partial charge is 0.457 e. The molecule has 0 saturated heterocycles. The molecular formula is C31H27ClO3S. The summed E-state index contributed by atoms with van der Waals surface area (Å²) in [6.45, 7) is 3.96. The van der Waals surface area contributed by atoms with Gasteiger partial charge in [0.25, 0.3) is 0 Å². The molecule has 2 atom stereocenters. The molecule has 0 bridgehead atoms. The topological polar surface area (TPSA) is 35.5 Å². The zero-order valence-corrected chi connectivity index (χ0v) is 21.7. The fourth-order valence-corrected chi connectivity index (χ4v) is 4.64. The van der Waals surface area contributed by atoms with Crippen LogP contribution in [0.5, 0.6) is 11.5 Å². The third-order valence-corrected chi connectivity index (χ3v) is 6.63. The predicted octanol–water partition coefficient (Wildman–Crippen LogP) is 8.57. The fourth-order valence-electron chi connectivity index (χ4n) is 4.07. The maximum Gasteiger partial charge on any atom is 0.314 e. The van der Waals surface area contributed by atoms with Crippen LogP contribution in [0.1, 0.15) is 42.6 Å². The molecule has 0 aliphatic heterocycles. The highest BCUT2D eigenvalue weighted by atomic mass is 35.5. The van der Waals surface area contributed by atoms with Crippen molar-refractivity contribution in [2.45, 2.75) is 25.9 Å². The first-order chi connectivity index (χ1) is 17.4. The molecule has 0 aliphatic carbocycles. The van der Waals surface area contributed by atoms with Crippen molar-refractivity contribution in [2.24, 2.45) is 5.92 Å². The lowest BCUT2D eigenvalue weighted by atomic mass is 9.88. The molecule has 0 radical (unpaired) electrons. The number of hydrogen-bond acceptors (Lipinski definition) is 4.